The molecule has 2 aromatic heterocycles. The number of nitrogens with zero attached hydrogens (tertiary/aromatic N) is 4. The first kappa shape index (κ1) is 18.6. The molecular weight excluding hydrogens is 371 g/mol. The number of carbonyl (C=O) groups is 1. The molecule has 1 saturated heterocycles. The summed E-state index contributed by atoms with van der Waals surface area (Å²) >= 11 is 0. The van der Waals surface area contributed by atoms with Gasteiger partial charge in [-0.3, -0.25) is 19.1 Å². The summed E-state index contributed by atoms with van der Waals surface area (Å²) in [5.74, 6) is -3.21. The molecule has 1 aliphatic rings. The smallest absolute Gasteiger partial charge is 0.363 e. The molecule has 3 heterocycles. The molecule has 13 nitrogen and oxygen atoms in total. The van der Waals surface area contributed by atoms with Gasteiger partial charge >= 0.3 is 7.60 Å². The maximum atomic E-state index is 11.3. The molecule has 26 heavy (non-hydrogen) atoms. The average molecular weight is 388 g/mol. The Hall–Kier alpha value is -2.15. The van der Waals surface area contributed by atoms with E-state index in [9.17, 15) is 9.36 Å². The van der Waals surface area contributed by atoms with Crippen LogP contribution in [0.2, 0.25) is 0 Å². The summed E-state index contributed by atoms with van der Waals surface area (Å²) in [6.07, 6.45) is 2.96. The van der Waals surface area contributed by atoms with E-state index in [1.807, 2.05) is 0 Å². The second kappa shape index (κ2) is 7.23. The van der Waals surface area contributed by atoms with Crippen LogP contribution in [0.1, 0.15) is 19.1 Å². The molecule has 1 aliphatic heterocycles. The summed E-state index contributed by atoms with van der Waals surface area (Å²) in [5.41, 5.74) is 7.85. The maximum Gasteiger partial charge on any atom is 0.363 e. The predicted molar refractivity (Wildman–Crippen MR) is 84.6 cm³/mol. The normalized spacial score (nSPS) is 21.8. The Morgan fingerprint density at radius 1 is 1.46 bits per heavy atom. The van der Waals surface area contributed by atoms with Gasteiger partial charge in [0.05, 0.1) is 19.0 Å². The zero-order chi connectivity index (χ0) is 18.9. The van der Waals surface area contributed by atoms with Gasteiger partial charge in [-0.1, -0.05) is 0 Å². The van der Waals surface area contributed by atoms with Crippen LogP contribution in [0.3, 0.4) is 0 Å². The minimum absolute atomic E-state index is 0.242. The van der Waals surface area contributed by atoms with Crippen molar-refractivity contribution in [3.63, 3.8) is 0 Å². The lowest BCUT2D eigenvalue weighted by molar-refractivity contribution is -0.139. The number of anilines is 1. The molecule has 14 heteroatoms. The lowest BCUT2D eigenvalue weighted by atomic mass is 10.2. The minimum atomic E-state index is -4.90. The zero-order valence-electron chi connectivity index (χ0n) is 13.3. The van der Waals surface area contributed by atoms with Gasteiger partial charge in [-0.05, 0) is 12.8 Å². The number of hydroxylamine groups is 1. The largest absolute Gasteiger partial charge is 0.382 e. The molecule has 1 fully saturated rings. The average Bonchev–Trinajstić information content (AvgIpc) is 3.20. The molecule has 6 N–H and O–H groups in total. The van der Waals surface area contributed by atoms with Crippen LogP contribution < -0.4 is 11.2 Å². The quantitative estimate of drug-likeness (QED) is 0.234. The van der Waals surface area contributed by atoms with E-state index in [1.54, 1.807) is 4.57 Å². The van der Waals surface area contributed by atoms with E-state index in [-0.39, 0.29) is 12.4 Å². The van der Waals surface area contributed by atoms with Crippen molar-refractivity contribution in [1.29, 1.82) is 0 Å². The van der Waals surface area contributed by atoms with Crippen molar-refractivity contribution in [2.75, 3.05) is 12.3 Å². The van der Waals surface area contributed by atoms with Gasteiger partial charge in [-0.2, -0.15) is 0 Å². The number of fused-ring (bicyclic) bond motifs is 1. The number of amides is 1. The third-order valence-corrected chi connectivity index (χ3v) is 4.86. The highest BCUT2D eigenvalue weighted by atomic mass is 31.2. The van der Waals surface area contributed by atoms with Gasteiger partial charge in [0.15, 0.2) is 11.5 Å². The second-order valence-corrected chi connectivity index (χ2v) is 7.27. The van der Waals surface area contributed by atoms with Crippen molar-refractivity contribution in [3.8, 4) is 0 Å². The Balaban J connectivity index is 1.66. The number of nitrogens with one attached hydrogen (secondary N) is 1. The molecule has 0 bridgehead atoms. The van der Waals surface area contributed by atoms with Gasteiger partial charge in [0, 0.05) is 0 Å². The number of ether oxygens (including phenoxy) is 2. The van der Waals surface area contributed by atoms with E-state index in [2.05, 4.69) is 15.0 Å². The van der Waals surface area contributed by atoms with Crippen molar-refractivity contribution < 1.29 is 33.8 Å². The molecule has 0 aromatic carbocycles. The first-order valence-electron chi connectivity index (χ1n) is 7.50. The molecule has 1 amide bonds. The number of rotatable bonds is 6. The highest BCUT2D eigenvalue weighted by molar-refractivity contribution is 7.53. The van der Waals surface area contributed by atoms with Crippen LogP contribution in [0.25, 0.3) is 11.2 Å². The van der Waals surface area contributed by atoms with Gasteiger partial charge in [-0.25, -0.2) is 20.4 Å². The summed E-state index contributed by atoms with van der Waals surface area (Å²) < 4.78 is 23.7. The zero-order valence-corrected chi connectivity index (χ0v) is 14.2. The molecule has 0 aliphatic carbocycles. The van der Waals surface area contributed by atoms with Crippen molar-refractivity contribution in [1.82, 2.24) is 25.0 Å². The number of hydrogen-bond donors (Lipinski definition) is 5. The van der Waals surface area contributed by atoms with Crippen LogP contribution in [0.15, 0.2) is 12.7 Å². The molecular formula is C12H17N6O7P. The number of carbonyl (C=O) groups excluding carboxylic acids is 1. The minimum Gasteiger partial charge on any atom is -0.382 e. The Kier molecular flexibility index (Phi) is 5.18. The lowest BCUT2D eigenvalue weighted by Crippen LogP contribution is -2.36. The maximum absolute atomic E-state index is 11.3. The van der Waals surface area contributed by atoms with Crippen LogP contribution in [0.5, 0.6) is 0 Å². The first-order chi connectivity index (χ1) is 12.3. The van der Waals surface area contributed by atoms with Crippen molar-refractivity contribution in [2.45, 2.75) is 31.0 Å². The Labute approximate surface area is 146 Å². The lowest BCUT2D eigenvalue weighted by Gasteiger charge is -2.20. The number of aromatic nitrogens is 4. The number of nitrogen functional groups attached to an aromatic ring is 1. The molecule has 0 spiro atoms. The summed E-state index contributed by atoms with van der Waals surface area (Å²) in [6.45, 7) is -0.247. The summed E-state index contributed by atoms with van der Waals surface area (Å²) in [7, 11) is -4.90. The summed E-state index contributed by atoms with van der Waals surface area (Å²) in [6, 6.07) is 0. The Morgan fingerprint density at radius 2 is 2.23 bits per heavy atom. The molecule has 2 aromatic rings. The molecule has 3 unspecified atom stereocenters. The predicted octanol–water partition coefficient (Wildman–Crippen LogP) is -0.888. The Bertz CT molecular complexity index is 854. The Morgan fingerprint density at radius 3 is 2.92 bits per heavy atom. The molecule has 3 atom stereocenters. The van der Waals surface area contributed by atoms with E-state index in [1.165, 1.54) is 18.1 Å². The van der Waals surface area contributed by atoms with E-state index in [0.717, 1.165) is 0 Å². The molecule has 142 valence electrons. The van der Waals surface area contributed by atoms with Crippen LogP contribution in [0, 0.1) is 0 Å². The van der Waals surface area contributed by atoms with Crippen LogP contribution >= 0.6 is 7.60 Å². The van der Waals surface area contributed by atoms with Crippen LogP contribution in [0.4, 0.5) is 5.82 Å². The van der Waals surface area contributed by atoms with Gasteiger partial charge in [-0.15, -0.1) is 0 Å². The van der Waals surface area contributed by atoms with Gasteiger partial charge in [0.1, 0.15) is 18.1 Å². The summed E-state index contributed by atoms with van der Waals surface area (Å²) in [5, 5.41) is 8.56. The number of imidazole rings is 1. The highest BCUT2D eigenvalue weighted by Gasteiger charge is 2.38. The van der Waals surface area contributed by atoms with Crippen molar-refractivity contribution >= 4 is 30.5 Å². The topological polar surface area (TPSA) is 195 Å². The second-order valence-electron chi connectivity index (χ2n) is 5.62. The van der Waals surface area contributed by atoms with Gasteiger partial charge in [0.25, 0.3) is 5.91 Å². The third kappa shape index (κ3) is 3.67. The van der Waals surface area contributed by atoms with E-state index in [4.69, 9.17) is 30.2 Å². The van der Waals surface area contributed by atoms with Crippen LogP contribution in [-0.4, -0.2) is 59.0 Å². The standard InChI is InChI=1S/C12H17N6O7P/c13-9-8-10(15-4-14-9)18(5-16-8)7-2-1-6(25-7)3-24-12(11(19)17-20)26(21,22)23/h4-7,12,20H,1-3H2,(H,17,19)(H2,13,14,15)(H2,21,22,23). The SMILES string of the molecule is Nc1ncnc2c1ncn2C1CCC(COC(C(=O)NO)P(=O)(O)O)O1. The fourth-order valence-corrected chi connectivity index (χ4v) is 3.32. The third-order valence-electron chi connectivity index (χ3n) is 3.86. The summed E-state index contributed by atoms with van der Waals surface area (Å²) in [4.78, 5) is 41.7. The van der Waals surface area contributed by atoms with Gasteiger partial charge in [0.2, 0.25) is 5.85 Å². The fraction of sp³-hybridized carbons (Fsp3) is 0.500. The van der Waals surface area contributed by atoms with Crippen molar-refractivity contribution in [2.24, 2.45) is 0 Å². The monoisotopic (exact) mass is 388 g/mol. The van der Waals surface area contributed by atoms with E-state index < -0.39 is 31.7 Å². The van der Waals surface area contributed by atoms with Gasteiger partial charge < -0.3 is 25.0 Å². The highest BCUT2D eigenvalue weighted by Crippen LogP contribution is 2.42. The molecule has 0 radical (unpaired) electrons. The van der Waals surface area contributed by atoms with Crippen molar-refractivity contribution in [3.05, 3.63) is 12.7 Å². The van der Waals surface area contributed by atoms with Crippen LogP contribution in [-0.2, 0) is 18.8 Å². The number of nitrogens with two attached hydrogens (primary N) is 1. The fourth-order valence-electron chi connectivity index (χ4n) is 2.67. The number of hydrogen-bond acceptors (Lipinski definition) is 9. The van der Waals surface area contributed by atoms with E-state index >= 15 is 0 Å². The first-order valence-corrected chi connectivity index (χ1v) is 9.18. The molecule has 3 rings (SSSR count). The molecule has 0 saturated carbocycles. The van der Waals surface area contributed by atoms with E-state index in [0.29, 0.717) is 24.0 Å².